The molecule has 0 aromatic rings. The van der Waals surface area contributed by atoms with Gasteiger partial charge in [-0.25, -0.2) is 4.79 Å². The van der Waals surface area contributed by atoms with Crippen molar-refractivity contribution in [3.05, 3.63) is 0 Å². The molecule has 92 valence electrons. The van der Waals surface area contributed by atoms with Gasteiger partial charge in [-0.3, -0.25) is 4.90 Å². The van der Waals surface area contributed by atoms with Gasteiger partial charge in [0.25, 0.3) is 0 Å². The summed E-state index contributed by atoms with van der Waals surface area (Å²) in [7, 11) is 0. The van der Waals surface area contributed by atoms with Crippen molar-refractivity contribution >= 4 is 6.09 Å². The SMILES string of the molecule is CC(C)(C)OC(=O)N1C2COC(C2)C1CO. The second kappa shape index (κ2) is 3.89. The molecule has 2 bridgehead atoms. The van der Waals surface area contributed by atoms with Gasteiger partial charge in [-0.05, 0) is 27.2 Å². The summed E-state index contributed by atoms with van der Waals surface area (Å²) in [5, 5.41) is 9.28. The molecule has 0 spiro atoms. The molecule has 3 unspecified atom stereocenters. The van der Waals surface area contributed by atoms with E-state index in [4.69, 9.17) is 9.47 Å². The molecule has 0 aromatic carbocycles. The zero-order valence-corrected chi connectivity index (χ0v) is 9.97. The summed E-state index contributed by atoms with van der Waals surface area (Å²) in [6, 6.07) is -0.175. The zero-order valence-electron chi connectivity index (χ0n) is 9.97. The number of morpholine rings is 1. The van der Waals surface area contributed by atoms with Crippen LogP contribution >= 0.6 is 0 Å². The van der Waals surface area contributed by atoms with E-state index in [9.17, 15) is 9.90 Å². The number of rotatable bonds is 1. The molecule has 1 N–H and O–H groups in total. The Kier molecular flexibility index (Phi) is 2.84. The Morgan fingerprint density at radius 2 is 2.25 bits per heavy atom. The predicted octanol–water partition coefficient (Wildman–Crippen LogP) is 0.756. The summed E-state index contributed by atoms with van der Waals surface area (Å²) in [4.78, 5) is 13.6. The highest BCUT2D eigenvalue weighted by molar-refractivity contribution is 5.70. The van der Waals surface area contributed by atoms with Gasteiger partial charge in [-0.1, -0.05) is 0 Å². The number of likely N-dealkylation sites (tertiary alicyclic amines) is 1. The van der Waals surface area contributed by atoms with Gasteiger partial charge in [0.15, 0.2) is 0 Å². The monoisotopic (exact) mass is 229 g/mol. The lowest BCUT2D eigenvalue weighted by Gasteiger charge is -2.35. The van der Waals surface area contributed by atoms with E-state index < -0.39 is 5.60 Å². The number of amides is 1. The Balaban J connectivity index is 2.06. The molecular formula is C11H19NO4. The van der Waals surface area contributed by atoms with Crippen LogP contribution in [0.4, 0.5) is 4.79 Å². The summed E-state index contributed by atoms with van der Waals surface area (Å²) in [5.74, 6) is 0. The third kappa shape index (κ3) is 2.01. The first-order valence-corrected chi connectivity index (χ1v) is 5.66. The number of carbonyl (C=O) groups excluding carboxylic acids is 1. The van der Waals surface area contributed by atoms with Gasteiger partial charge in [-0.15, -0.1) is 0 Å². The summed E-state index contributed by atoms with van der Waals surface area (Å²) < 4.78 is 10.8. The maximum atomic E-state index is 12.0. The number of hydrogen-bond acceptors (Lipinski definition) is 4. The van der Waals surface area contributed by atoms with Crippen LogP contribution in [0.5, 0.6) is 0 Å². The topological polar surface area (TPSA) is 59.0 Å². The van der Waals surface area contributed by atoms with Crippen molar-refractivity contribution in [1.29, 1.82) is 0 Å². The fourth-order valence-electron chi connectivity index (χ4n) is 2.36. The summed E-state index contributed by atoms with van der Waals surface area (Å²) in [6.07, 6.45) is 0.439. The predicted molar refractivity (Wildman–Crippen MR) is 57.1 cm³/mol. The van der Waals surface area contributed by atoms with Crippen LogP contribution in [0.3, 0.4) is 0 Å². The average molecular weight is 229 g/mol. The van der Waals surface area contributed by atoms with Gasteiger partial charge >= 0.3 is 6.09 Å². The Morgan fingerprint density at radius 3 is 2.81 bits per heavy atom. The van der Waals surface area contributed by atoms with E-state index in [0.717, 1.165) is 6.42 Å². The molecular weight excluding hydrogens is 210 g/mol. The highest BCUT2D eigenvalue weighted by Crippen LogP contribution is 2.34. The lowest BCUT2D eigenvalue weighted by molar-refractivity contribution is -0.0482. The van der Waals surface area contributed by atoms with E-state index >= 15 is 0 Å². The van der Waals surface area contributed by atoms with Crippen molar-refractivity contribution in [2.75, 3.05) is 13.2 Å². The van der Waals surface area contributed by atoms with Gasteiger partial charge in [0.2, 0.25) is 0 Å². The molecule has 2 fully saturated rings. The summed E-state index contributed by atoms with van der Waals surface area (Å²) >= 11 is 0. The van der Waals surface area contributed by atoms with Crippen LogP contribution < -0.4 is 0 Å². The molecule has 2 aliphatic rings. The standard InChI is InChI=1S/C11H19NO4/c1-11(2,3)16-10(14)12-7-4-9(15-6-7)8(12)5-13/h7-9,13H,4-6H2,1-3H3. The average Bonchev–Trinajstić information content (AvgIpc) is 2.72. The first kappa shape index (κ1) is 11.7. The van der Waals surface area contributed by atoms with Crippen molar-refractivity contribution in [2.45, 2.75) is 51.0 Å². The Morgan fingerprint density at radius 1 is 1.56 bits per heavy atom. The molecule has 0 aromatic heterocycles. The molecule has 5 nitrogen and oxygen atoms in total. The fourth-order valence-corrected chi connectivity index (χ4v) is 2.36. The van der Waals surface area contributed by atoms with E-state index in [1.54, 1.807) is 4.90 Å². The Hall–Kier alpha value is -0.810. The van der Waals surface area contributed by atoms with Crippen molar-refractivity contribution in [3.63, 3.8) is 0 Å². The number of fused-ring (bicyclic) bond motifs is 2. The first-order chi connectivity index (χ1) is 7.42. The van der Waals surface area contributed by atoms with Gasteiger partial charge in [0.1, 0.15) is 5.60 Å². The van der Waals surface area contributed by atoms with Crippen molar-refractivity contribution < 1.29 is 19.4 Å². The van der Waals surface area contributed by atoms with Crippen LogP contribution in [0.2, 0.25) is 0 Å². The third-order valence-corrected chi connectivity index (χ3v) is 2.98. The van der Waals surface area contributed by atoms with Crippen LogP contribution in [-0.4, -0.2) is 53.1 Å². The van der Waals surface area contributed by atoms with Gasteiger partial charge in [0, 0.05) is 0 Å². The minimum Gasteiger partial charge on any atom is -0.444 e. The molecule has 2 rings (SSSR count). The number of hydrogen-bond donors (Lipinski definition) is 1. The maximum Gasteiger partial charge on any atom is 0.411 e. The number of aliphatic hydroxyl groups excluding tert-OH is 1. The van der Waals surface area contributed by atoms with Crippen molar-refractivity contribution in [2.24, 2.45) is 0 Å². The van der Waals surface area contributed by atoms with Gasteiger partial charge in [-0.2, -0.15) is 0 Å². The highest BCUT2D eigenvalue weighted by Gasteiger charge is 2.50. The minimum atomic E-state index is -0.500. The van der Waals surface area contributed by atoms with Crippen molar-refractivity contribution in [3.8, 4) is 0 Å². The van der Waals surface area contributed by atoms with Crippen LogP contribution in [0.1, 0.15) is 27.2 Å². The smallest absolute Gasteiger partial charge is 0.411 e. The van der Waals surface area contributed by atoms with E-state index in [-0.39, 0.29) is 30.9 Å². The van der Waals surface area contributed by atoms with Crippen molar-refractivity contribution in [1.82, 2.24) is 4.90 Å². The number of ether oxygens (including phenoxy) is 2. The quantitative estimate of drug-likeness (QED) is 0.721. The fraction of sp³-hybridized carbons (Fsp3) is 0.909. The molecule has 2 saturated heterocycles. The number of aliphatic hydroxyl groups is 1. The third-order valence-electron chi connectivity index (χ3n) is 2.98. The molecule has 1 amide bonds. The first-order valence-electron chi connectivity index (χ1n) is 5.66. The van der Waals surface area contributed by atoms with E-state index in [2.05, 4.69) is 0 Å². The maximum absolute atomic E-state index is 12.0. The van der Waals surface area contributed by atoms with Gasteiger partial charge in [0.05, 0.1) is 31.4 Å². The van der Waals surface area contributed by atoms with Crippen LogP contribution in [0, 0.1) is 0 Å². The largest absolute Gasteiger partial charge is 0.444 e. The molecule has 2 heterocycles. The molecule has 16 heavy (non-hydrogen) atoms. The second-order valence-corrected chi connectivity index (χ2v) is 5.40. The van der Waals surface area contributed by atoms with E-state index in [1.807, 2.05) is 20.8 Å². The number of nitrogens with zero attached hydrogens (tertiary/aromatic N) is 1. The number of carbonyl (C=O) groups is 1. The molecule has 5 heteroatoms. The molecule has 0 aliphatic carbocycles. The lowest BCUT2D eigenvalue weighted by atomic mass is 10.2. The Labute approximate surface area is 95.3 Å². The van der Waals surface area contributed by atoms with E-state index in [1.165, 1.54) is 0 Å². The molecule has 0 radical (unpaired) electrons. The molecule has 0 saturated carbocycles. The highest BCUT2D eigenvalue weighted by atomic mass is 16.6. The molecule has 2 aliphatic heterocycles. The summed E-state index contributed by atoms with van der Waals surface area (Å²) in [6.45, 7) is 6.00. The minimum absolute atomic E-state index is 0.0254. The molecule has 3 atom stereocenters. The lowest BCUT2D eigenvalue weighted by Crippen LogP contribution is -2.52. The van der Waals surface area contributed by atoms with Crippen LogP contribution in [0.15, 0.2) is 0 Å². The van der Waals surface area contributed by atoms with Gasteiger partial charge < -0.3 is 14.6 Å². The zero-order chi connectivity index (χ0) is 11.9. The van der Waals surface area contributed by atoms with E-state index in [0.29, 0.717) is 6.61 Å². The van der Waals surface area contributed by atoms with Crippen LogP contribution in [0.25, 0.3) is 0 Å². The second-order valence-electron chi connectivity index (χ2n) is 5.40. The summed E-state index contributed by atoms with van der Waals surface area (Å²) in [5.41, 5.74) is -0.500. The van der Waals surface area contributed by atoms with Crippen LogP contribution in [-0.2, 0) is 9.47 Å². The Bertz CT molecular complexity index is 286. The normalized spacial score (nSPS) is 33.2.